The van der Waals surface area contributed by atoms with Gasteiger partial charge in [-0.25, -0.2) is 13.1 Å². The molecule has 164 valence electrons. The maximum atomic E-state index is 12.6. The van der Waals surface area contributed by atoms with Gasteiger partial charge in [0.25, 0.3) is 5.56 Å². The molecule has 3 aromatic rings. The summed E-state index contributed by atoms with van der Waals surface area (Å²) in [5, 5.41) is 0.917. The van der Waals surface area contributed by atoms with Gasteiger partial charge in [0.1, 0.15) is 5.52 Å². The summed E-state index contributed by atoms with van der Waals surface area (Å²) in [6.45, 7) is 2.49. The maximum Gasteiger partial charge on any atom is 0.274 e. The summed E-state index contributed by atoms with van der Waals surface area (Å²) < 4.78 is 25.9. The molecule has 1 saturated carbocycles. The van der Waals surface area contributed by atoms with Gasteiger partial charge in [-0.2, -0.15) is 0 Å². The Morgan fingerprint density at radius 3 is 2.77 bits per heavy atom. The highest BCUT2D eigenvalue weighted by atomic mass is 32.2. The fourth-order valence-corrected chi connectivity index (χ4v) is 5.30. The quantitative estimate of drug-likeness (QED) is 0.514. The summed E-state index contributed by atoms with van der Waals surface area (Å²) in [6, 6.07) is 8.40. The zero-order chi connectivity index (χ0) is 21.6. The van der Waals surface area contributed by atoms with Gasteiger partial charge in [0.2, 0.25) is 10.9 Å². The number of nitrogens with one attached hydrogen (secondary N) is 2. The summed E-state index contributed by atoms with van der Waals surface area (Å²) in [5.74, 6) is 0. The summed E-state index contributed by atoms with van der Waals surface area (Å²) >= 11 is 0. The van der Waals surface area contributed by atoms with E-state index in [9.17, 15) is 13.2 Å². The van der Waals surface area contributed by atoms with Crippen LogP contribution in [-0.4, -0.2) is 37.6 Å². The van der Waals surface area contributed by atoms with E-state index in [1.54, 1.807) is 11.6 Å². The lowest BCUT2D eigenvalue weighted by Gasteiger charge is -2.36. The van der Waals surface area contributed by atoms with Gasteiger partial charge >= 0.3 is 0 Å². The number of aromatic nitrogens is 2. The normalized spacial score (nSPS) is 17.7. The molecular formula is C23H28N4O3S. The first-order valence-corrected chi connectivity index (χ1v) is 12.1. The molecule has 0 unspecified atom stereocenters. The number of rotatable bonds is 6. The number of pyridine rings is 1. The van der Waals surface area contributed by atoms with Crippen molar-refractivity contribution in [3.63, 3.8) is 0 Å². The van der Waals surface area contributed by atoms with Crippen LogP contribution in [0.25, 0.3) is 22.0 Å². The minimum Gasteiger partial charge on any atom is -0.370 e. The number of thiol groups is 1. The molecule has 1 aliphatic heterocycles. The van der Waals surface area contributed by atoms with Gasteiger partial charge in [-0.1, -0.05) is 6.07 Å². The predicted molar refractivity (Wildman–Crippen MR) is 124 cm³/mol. The molecule has 5 rings (SSSR count). The van der Waals surface area contributed by atoms with Crippen molar-refractivity contribution in [3.8, 4) is 11.1 Å². The Bertz CT molecular complexity index is 1260. The standard InChI is InChI=1S/C23H28N4O3S/c1-26-14-19(17-6-10-24-21(17)22(26)28)18-13-16(5-11-25-31(29)30)3-4-20(18)27-12-2-7-23(15-27)8-9-23/h3-4,6,10,13-14,24,31H,2,5,7-9,11-12,15H2,1H3,(H,25,29,30). The number of aryl methyl sites for hydroxylation is 1. The molecule has 2 fully saturated rings. The van der Waals surface area contributed by atoms with Gasteiger partial charge in [-0.3, -0.25) is 4.79 Å². The second-order valence-corrected chi connectivity index (χ2v) is 9.85. The number of anilines is 1. The van der Waals surface area contributed by atoms with E-state index in [-0.39, 0.29) is 5.56 Å². The second-order valence-electron chi connectivity index (χ2n) is 9.02. The predicted octanol–water partition coefficient (Wildman–Crippen LogP) is 2.57. The van der Waals surface area contributed by atoms with Crippen LogP contribution in [-0.2, 0) is 24.4 Å². The first-order valence-electron chi connectivity index (χ1n) is 10.9. The van der Waals surface area contributed by atoms with E-state index < -0.39 is 10.9 Å². The van der Waals surface area contributed by atoms with E-state index in [1.807, 2.05) is 18.5 Å². The van der Waals surface area contributed by atoms with Gasteiger partial charge in [0.15, 0.2) is 0 Å². The van der Waals surface area contributed by atoms with E-state index in [2.05, 4.69) is 32.8 Å². The summed E-state index contributed by atoms with van der Waals surface area (Å²) in [4.78, 5) is 18.2. The lowest BCUT2D eigenvalue weighted by Crippen LogP contribution is -2.36. The summed E-state index contributed by atoms with van der Waals surface area (Å²) in [7, 11) is -0.812. The molecule has 2 aliphatic rings. The van der Waals surface area contributed by atoms with Gasteiger partial charge in [0.05, 0.1) is 0 Å². The van der Waals surface area contributed by atoms with Gasteiger partial charge < -0.3 is 14.5 Å². The monoisotopic (exact) mass is 440 g/mol. The van der Waals surface area contributed by atoms with Crippen LogP contribution < -0.4 is 15.2 Å². The molecule has 1 aliphatic carbocycles. The van der Waals surface area contributed by atoms with Crippen molar-refractivity contribution in [1.82, 2.24) is 14.3 Å². The largest absolute Gasteiger partial charge is 0.370 e. The van der Waals surface area contributed by atoms with Crippen molar-refractivity contribution < 1.29 is 8.42 Å². The van der Waals surface area contributed by atoms with Crippen LogP contribution in [0.3, 0.4) is 0 Å². The Kier molecular flexibility index (Phi) is 5.14. The highest BCUT2D eigenvalue weighted by Gasteiger charge is 2.45. The Labute approximate surface area is 183 Å². The fourth-order valence-electron chi connectivity index (χ4n) is 5.00. The average Bonchev–Trinajstić information content (AvgIpc) is 3.30. The molecule has 0 bridgehead atoms. The fraction of sp³-hybridized carbons (Fsp3) is 0.435. The minimum absolute atomic E-state index is 0.0418. The third-order valence-electron chi connectivity index (χ3n) is 6.86. The van der Waals surface area contributed by atoms with Crippen LogP contribution in [0.4, 0.5) is 5.69 Å². The molecular weight excluding hydrogens is 412 g/mol. The highest BCUT2D eigenvalue weighted by molar-refractivity contribution is 7.70. The van der Waals surface area contributed by atoms with E-state index in [0.717, 1.165) is 35.2 Å². The van der Waals surface area contributed by atoms with Crippen molar-refractivity contribution in [2.24, 2.45) is 12.5 Å². The van der Waals surface area contributed by atoms with E-state index >= 15 is 0 Å². The van der Waals surface area contributed by atoms with Crippen molar-refractivity contribution in [2.45, 2.75) is 32.1 Å². The number of H-pyrrole nitrogens is 1. The highest BCUT2D eigenvalue weighted by Crippen LogP contribution is 2.53. The molecule has 2 aromatic heterocycles. The number of hydrogen-bond acceptors (Lipinski definition) is 4. The third kappa shape index (κ3) is 3.90. The van der Waals surface area contributed by atoms with Crippen LogP contribution >= 0.6 is 0 Å². The Hall–Kier alpha value is -2.58. The number of nitrogens with zero attached hydrogens (tertiary/aromatic N) is 2. The summed E-state index contributed by atoms with van der Waals surface area (Å²) in [5.41, 5.74) is 5.44. The van der Waals surface area contributed by atoms with Crippen LogP contribution in [0.1, 0.15) is 31.2 Å². The zero-order valence-corrected chi connectivity index (χ0v) is 18.6. The second kappa shape index (κ2) is 7.84. The first-order chi connectivity index (χ1) is 15.0. The molecule has 0 atom stereocenters. The van der Waals surface area contributed by atoms with Crippen molar-refractivity contribution in [3.05, 3.63) is 52.6 Å². The number of piperidine rings is 1. The van der Waals surface area contributed by atoms with Crippen LogP contribution in [0.15, 0.2) is 41.5 Å². The first kappa shape index (κ1) is 20.3. The smallest absolute Gasteiger partial charge is 0.274 e. The number of aromatic amines is 1. The van der Waals surface area contributed by atoms with Crippen molar-refractivity contribution in [1.29, 1.82) is 0 Å². The molecule has 0 amide bonds. The molecule has 1 aromatic carbocycles. The third-order valence-corrected chi connectivity index (χ3v) is 7.34. The Balaban J connectivity index is 1.61. The van der Waals surface area contributed by atoms with E-state index in [1.165, 1.54) is 31.4 Å². The molecule has 31 heavy (non-hydrogen) atoms. The minimum atomic E-state index is -2.59. The SMILES string of the molecule is Cn1cc(-c2cc(CCN[SH](=O)=O)ccc2N2CCCC3(CC3)C2)c2cc[nH]c2c1=O. The molecule has 1 saturated heterocycles. The van der Waals surface area contributed by atoms with Crippen LogP contribution in [0, 0.1) is 5.41 Å². The number of hydrogen-bond donors (Lipinski definition) is 3. The van der Waals surface area contributed by atoms with Crippen molar-refractivity contribution in [2.75, 3.05) is 24.5 Å². The lowest BCUT2D eigenvalue weighted by molar-refractivity contribution is 0.395. The molecule has 8 heteroatoms. The molecule has 0 radical (unpaired) electrons. The number of benzene rings is 1. The Morgan fingerprint density at radius 2 is 2.00 bits per heavy atom. The number of fused-ring (bicyclic) bond motifs is 1. The molecule has 1 spiro atoms. The lowest BCUT2D eigenvalue weighted by atomic mass is 9.92. The Morgan fingerprint density at radius 1 is 1.16 bits per heavy atom. The summed E-state index contributed by atoms with van der Waals surface area (Å²) in [6.07, 6.45) is 9.50. The molecule has 3 heterocycles. The average molecular weight is 441 g/mol. The van der Waals surface area contributed by atoms with Crippen molar-refractivity contribution >= 4 is 27.5 Å². The maximum absolute atomic E-state index is 12.6. The molecule has 2 N–H and O–H groups in total. The topological polar surface area (TPSA) is 87.2 Å². The van der Waals surface area contributed by atoms with Gasteiger partial charge in [-0.15, -0.1) is 0 Å². The van der Waals surface area contributed by atoms with Crippen LogP contribution in [0.2, 0.25) is 0 Å². The van der Waals surface area contributed by atoms with Gasteiger partial charge in [0, 0.05) is 61.3 Å². The van der Waals surface area contributed by atoms with E-state index in [0.29, 0.717) is 23.9 Å². The van der Waals surface area contributed by atoms with Crippen LogP contribution in [0.5, 0.6) is 0 Å². The molecule has 7 nitrogen and oxygen atoms in total. The van der Waals surface area contributed by atoms with Gasteiger partial charge in [-0.05, 0) is 61.3 Å². The zero-order valence-electron chi connectivity index (χ0n) is 17.7. The van der Waals surface area contributed by atoms with E-state index in [4.69, 9.17) is 0 Å².